The Balaban J connectivity index is 2.55. The van der Waals surface area contributed by atoms with Crippen molar-refractivity contribution in [2.24, 2.45) is 5.41 Å². The molecule has 15 heavy (non-hydrogen) atoms. The summed E-state index contributed by atoms with van der Waals surface area (Å²) in [6.45, 7) is 7.08. The van der Waals surface area contributed by atoms with E-state index in [1.807, 2.05) is 12.1 Å². The number of hydrogen-bond acceptors (Lipinski definition) is 2. The summed E-state index contributed by atoms with van der Waals surface area (Å²) in [5, 5.41) is 3.30. The van der Waals surface area contributed by atoms with Crippen LogP contribution in [0.4, 0.5) is 5.82 Å². The molecule has 1 aromatic rings. The number of alkyl halides is 1. The second-order valence-corrected chi connectivity index (χ2v) is 5.93. The van der Waals surface area contributed by atoms with E-state index in [1.54, 1.807) is 6.20 Å². The molecule has 0 aliphatic carbocycles. The highest BCUT2D eigenvalue weighted by atomic mass is 79.9. The van der Waals surface area contributed by atoms with E-state index in [-0.39, 0.29) is 10.8 Å². The number of rotatable bonds is 3. The van der Waals surface area contributed by atoms with Gasteiger partial charge in [-0.3, -0.25) is 0 Å². The Morgan fingerprint density at radius 3 is 2.73 bits per heavy atom. The first kappa shape index (κ1) is 12.8. The lowest BCUT2D eigenvalue weighted by molar-refractivity contribution is 0.397. The molecule has 0 spiro atoms. The lowest BCUT2D eigenvalue weighted by Crippen LogP contribution is -2.28. The Bertz CT molecular complexity index is 323. The first-order valence-electron chi connectivity index (χ1n) is 4.89. The van der Waals surface area contributed by atoms with Crippen molar-refractivity contribution in [2.45, 2.75) is 26.1 Å². The predicted molar refractivity (Wildman–Crippen MR) is 69.5 cm³/mol. The number of nitrogens with one attached hydrogen (secondary N) is 1. The third-order valence-electron chi connectivity index (χ3n) is 2.15. The zero-order chi connectivity index (χ0) is 11.5. The van der Waals surface area contributed by atoms with Crippen molar-refractivity contribution in [3.8, 4) is 0 Å². The van der Waals surface area contributed by atoms with Crippen LogP contribution in [0.15, 0.2) is 22.8 Å². The number of nitrogens with zero attached hydrogens (tertiary/aromatic N) is 1. The summed E-state index contributed by atoms with van der Waals surface area (Å²) >= 11 is 9.68. The molecule has 1 atom stereocenters. The minimum Gasteiger partial charge on any atom is -0.368 e. The van der Waals surface area contributed by atoms with Gasteiger partial charge in [-0.25, -0.2) is 4.98 Å². The zero-order valence-corrected chi connectivity index (χ0v) is 11.6. The third kappa shape index (κ3) is 3.99. The molecule has 1 unspecified atom stereocenters. The van der Waals surface area contributed by atoms with E-state index < -0.39 is 0 Å². The van der Waals surface area contributed by atoms with Crippen molar-refractivity contribution in [3.63, 3.8) is 0 Å². The normalized spacial score (nSPS) is 13.7. The van der Waals surface area contributed by atoms with Gasteiger partial charge in [0.2, 0.25) is 0 Å². The van der Waals surface area contributed by atoms with Gasteiger partial charge in [0, 0.05) is 12.7 Å². The fourth-order valence-electron chi connectivity index (χ4n) is 1.01. The van der Waals surface area contributed by atoms with Gasteiger partial charge in [-0.2, -0.15) is 0 Å². The topological polar surface area (TPSA) is 24.9 Å². The first-order valence-corrected chi connectivity index (χ1v) is 6.12. The van der Waals surface area contributed by atoms with Crippen molar-refractivity contribution in [1.29, 1.82) is 0 Å². The average molecular weight is 292 g/mol. The fraction of sp³-hybridized carbons (Fsp3) is 0.545. The minimum atomic E-state index is 0.0754. The molecule has 1 aromatic heterocycles. The van der Waals surface area contributed by atoms with Crippen molar-refractivity contribution >= 4 is 33.3 Å². The lowest BCUT2D eigenvalue weighted by atomic mass is 9.92. The molecule has 0 fully saturated rings. The summed E-state index contributed by atoms with van der Waals surface area (Å²) in [5.41, 5.74) is 0.0931. The molecule has 0 aliphatic rings. The molecule has 0 saturated heterocycles. The molecule has 2 nitrogen and oxygen atoms in total. The molecule has 1 heterocycles. The van der Waals surface area contributed by atoms with E-state index >= 15 is 0 Å². The van der Waals surface area contributed by atoms with Crippen molar-refractivity contribution < 1.29 is 0 Å². The molecule has 0 aromatic carbocycles. The van der Waals surface area contributed by atoms with Crippen LogP contribution in [0.25, 0.3) is 0 Å². The minimum absolute atomic E-state index is 0.0754. The van der Waals surface area contributed by atoms with Crippen LogP contribution in [-0.4, -0.2) is 16.9 Å². The Labute approximate surface area is 105 Å². The maximum absolute atomic E-state index is 6.25. The maximum atomic E-state index is 6.25. The van der Waals surface area contributed by atoms with Crippen LogP contribution in [-0.2, 0) is 0 Å². The monoisotopic (exact) mass is 290 g/mol. The maximum Gasteiger partial charge on any atom is 0.140 e. The quantitative estimate of drug-likeness (QED) is 0.854. The summed E-state index contributed by atoms with van der Waals surface area (Å²) in [4.78, 5) is 4.22. The van der Waals surface area contributed by atoms with Crippen LogP contribution >= 0.6 is 27.5 Å². The first-order chi connectivity index (χ1) is 6.91. The number of aromatic nitrogens is 1. The average Bonchev–Trinajstić information content (AvgIpc) is 2.14. The van der Waals surface area contributed by atoms with Crippen molar-refractivity contribution in [1.82, 2.24) is 4.98 Å². The fourth-order valence-corrected chi connectivity index (χ4v) is 1.48. The molecule has 0 bridgehead atoms. The third-order valence-corrected chi connectivity index (χ3v) is 3.60. The van der Waals surface area contributed by atoms with Gasteiger partial charge in [0.1, 0.15) is 5.82 Å². The van der Waals surface area contributed by atoms with Gasteiger partial charge >= 0.3 is 0 Å². The summed E-state index contributed by atoms with van der Waals surface area (Å²) < 4.78 is 0.961. The lowest BCUT2D eigenvalue weighted by Gasteiger charge is -2.25. The van der Waals surface area contributed by atoms with E-state index in [0.29, 0.717) is 6.54 Å². The summed E-state index contributed by atoms with van der Waals surface area (Å²) in [5.74, 6) is 0.840. The Morgan fingerprint density at radius 2 is 2.20 bits per heavy atom. The molecule has 0 saturated carbocycles. The number of anilines is 1. The van der Waals surface area contributed by atoms with E-state index in [4.69, 9.17) is 11.6 Å². The standard InChI is InChI=1S/C11H16BrClN2/c1-11(2,3)9(13)7-15-10-8(12)5-4-6-14-10/h4-6,9H,7H2,1-3H3,(H,14,15). The Kier molecular flexibility index (Phi) is 4.41. The predicted octanol–water partition coefficient (Wildman–Crippen LogP) is 3.91. The van der Waals surface area contributed by atoms with E-state index in [2.05, 4.69) is 47.0 Å². The molecule has 84 valence electrons. The van der Waals surface area contributed by atoms with Crippen LogP contribution in [0.5, 0.6) is 0 Å². The highest BCUT2D eigenvalue weighted by Crippen LogP contribution is 2.25. The van der Waals surface area contributed by atoms with E-state index in [9.17, 15) is 0 Å². The molecular weight excluding hydrogens is 275 g/mol. The SMILES string of the molecule is CC(C)(C)C(Cl)CNc1ncccc1Br. The van der Waals surface area contributed by atoms with E-state index in [0.717, 1.165) is 10.3 Å². The molecule has 1 rings (SSSR count). The Hall–Kier alpha value is -0.280. The van der Waals surface area contributed by atoms with Crippen LogP contribution in [0.3, 0.4) is 0 Å². The van der Waals surface area contributed by atoms with Gasteiger partial charge in [-0.1, -0.05) is 20.8 Å². The highest BCUT2D eigenvalue weighted by molar-refractivity contribution is 9.10. The highest BCUT2D eigenvalue weighted by Gasteiger charge is 2.22. The van der Waals surface area contributed by atoms with Gasteiger partial charge in [0.05, 0.1) is 9.85 Å². The number of pyridine rings is 1. The van der Waals surface area contributed by atoms with Crippen molar-refractivity contribution in [2.75, 3.05) is 11.9 Å². The van der Waals surface area contributed by atoms with Gasteiger partial charge in [0.15, 0.2) is 0 Å². The van der Waals surface area contributed by atoms with Gasteiger partial charge < -0.3 is 5.32 Å². The van der Waals surface area contributed by atoms with Gasteiger partial charge in [-0.05, 0) is 33.5 Å². The van der Waals surface area contributed by atoms with Gasteiger partial charge in [0.25, 0.3) is 0 Å². The van der Waals surface area contributed by atoms with Crippen LogP contribution < -0.4 is 5.32 Å². The second kappa shape index (κ2) is 5.17. The molecule has 0 radical (unpaired) electrons. The summed E-state index contributed by atoms with van der Waals surface area (Å²) in [7, 11) is 0. The molecule has 0 aliphatic heterocycles. The van der Waals surface area contributed by atoms with Crippen LogP contribution in [0.2, 0.25) is 0 Å². The molecular formula is C11H16BrClN2. The van der Waals surface area contributed by atoms with Crippen LogP contribution in [0.1, 0.15) is 20.8 Å². The summed E-state index contributed by atoms with van der Waals surface area (Å²) in [6, 6.07) is 3.84. The molecule has 4 heteroatoms. The largest absolute Gasteiger partial charge is 0.368 e. The molecule has 0 amide bonds. The van der Waals surface area contributed by atoms with Crippen molar-refractivity contribution in [3.05, 3.63) is 22.8 Å². The van der Waals surface area contributed by atoms with E-state index in [1.165, 1.54) is 0 Å². The number of halogens is 2. The summed E-state index contributed by atoms with van der Waals surface area (Å²) in [6.07, 6.45) is 1.76. The smallest absolute Gasteiger partial charge is 0.140 e. The number of hydrogen-bond donors (Lipinski definition) is 1. The molecule has 1 N–H and O–H groups in total. The van der Waals surface area contributed by atoms with Gasteiger partial charge in [-0.15, -0.1) is 11.6 Å². The Morgan fingerprint density at radius 1 is 1.53 bits per heavy atom. The second-order valence-electron chi connectivity index (χ2n) is 4.55. The zero-order valence-electron chi connectivity index (χ0n) is 9.22. The van der Waals surface area contributed by atoms with Crippen LogP contribution in [0, 0.1) is 5.41 Å².